The van der Waals surface area contributed by atoms with Crippen molar-refractivity contribution in [3.8, 4) is 11.5 Å². The normalized spacial score (nSPS) is 8.76. The molecular weight excluding hydrogens is 583 g/mol. The molecule has 4 nitrogen and oxygen atoms in total. The molecule has 0 amide bonds. The van der Waals surface area contributed by atoms with Gasteiger partial charge in [-0.1, -0.05) is 24.3 Å². The summed E-state index contributed by atoms with van der Waals surface area (Å²) in [5, 5.41) is 0. The van der Waals surface area contributed by atoms with Crippen molar-refractivity contribution in [2.24, 2.45) is 0 Å². The number of hydrogen-bond donors (Lipinski definition) is 0. The van der Waals surface area contributed by atoms with E-state index in [9.17, 15) is 0 Å². The third-order valence-electron chi connectivity index (χ3n) is 2.18. The molecule has 0 spiro atoms. The van der Waals surface area contributed by atoms with Crippen molar-refractivity contribution in [3.63, 3.8) is 0 Å². The van der Waals surface area contributed by atoms with Gasteiger partial charge in [0.25, 0.3) is 0 Å². The van der Waals surface area contributed by atoms with E-state index in [1.54, 1.807) is 62.8 Å². The first-order chi connectivity index (χ1) is 10.1. The van der Waals surface area contributed by atoms with Gasteiger partial charge >= 0.3 is 41.0 Å². The molecule has 0 aliphatic rings. The Kier molecular flexibility index (Phi) is 12.5. The topological polar surface area (TPSA) is 66.1 Å². The van der Waals surface area contributed by atoms with Gasteiger partial charge in [-0.25, -0.2) is 0 Å². The average molecular weight is 599 g/mol. The van der Waals surface area contributed by atoms with Crippen molar-refractivity contribution in [2.45, 2.75) is 0 Å². The second-order valence-corrected chi connectivity index (χ2v) is 13.4. The summed E-state index contributed by atoms with van der Waals surface area (Å²) in [7, 11) is 3.22. The van der Waals surface area contributed by atoms with Crippen LogP contribution in [0.3, 0.4) is 0 Å². The van der Waals surface area contributed by atoms with E-state index in [-0.39, 0.29) is 14.5 Å². The summed E-state index contributed by atoms with van der Waals surface area (Å²) in [6.45, 7) is 0. The average Bonchev–Trinajstić information content (AvgIpc) is 2.50. The van der Waals surface area contributed by atoms with Crippen LogP contribution < -0.4 is 9.47 Å². The minimum absolute atomic E-state index is 0.208. The molecule has 0 unspecified atom stereocenters. The molecule has 0 aromatic heterocycles. The number of methoxy groups -OCH3 is 2. The fourth-order valence-corrected chi connectivity index (χ4v) is 1.18. The van der Waals surface area contributed by atoms with Crippen molar-refractivity contribution in [1.82, 2.24) is 0 Å². The second kappa shape index (κ2) is 13.0. The molecule has 0 heterocycles. The van der Waals surface area contributed by atoms with Crippen LogP contribution in [0.1, 0.15) is 0 Å². The molecule has 2 aromatic carbocycles. The third kappa shape index (κ3) is 10.6. The first kappa shape index (κ1) is 20.3. The molecule has 2 N–H and O–H groups in total. The molecule has 0 aliphatic carbocycles. The number of halogens is 2. The van der Waals surface area contributed by atoms with E-state index < -0.39 is 0 Å². The Balaban J connectivity index is 0.000000322. The van der Waals surface area contributed by atoms with Gasteiger partial charge in [-0.2, -0.15) is 0 Å². The van der Waals surface area contributed by atoms with Gasteiger partial charge in [0, 0.05) is 0 Å². The van der Waals surface area contributed by atoms with Crippen molar-refractivity contribution in [3.05, 3.63) is 60.0 Å². The van der Waals surface area contributed by atoms with Gasteiger partial charge in [0.05, 0.1) is 14.2 Å². The molecule has 118 valence electrons. The van der Waals surface area contributed by atoms with E-state index in [2.05, 4.69) is 26.6 Å². The van der Waals surface area contributed by atoms with Gasteiger partial charge in [-0.15, -0.1) is 11.4 Å². The van der Waals surface area contributed by atoms with Crippen LogP contribution in [0.5, 0.6) is 11.5 Å². The molecule has 0 saturated heterocycles. The fraction of sp³-hybridized carbons (Fsp3) is 0.143. The Morgan fingerprint density at radius 2 is 0.952 bits per heavy atom. The van der Waals surface area contributed by atoms with Gasteiger partial charge in [0.2, 0.25) is 0 Å². The molecule has 0 bridgehead atoms. The molecule has 0 aliphatic heterocycles. The summed E-state index contributed by atoms with van der Waals surface area (Å²) in [5.41, 5.74) is 15.2. The van der Waals surface area contributed by atoms with Gasteiger partial charge in [-0.05, 0) is 24.3 Å². The van der Waals surface area contributed by atoms with Crippen LogP contribution in [-0.2, 0) is 14.5 Å². The van der Waals surface area contributed by atoms with Crippen LogP contribution in [0.25, 0.3) is 11.5 Å². The molecule has 0 atom stereocenters. The van der Waals surface area contributed by atoms with Crippen molar-refractivity contribution >= 4 is 38.0 Å². The van der Waals surface area contributed by atoms with E-state index in [1.807, 2.05) is 0 Å². The first-order valence-corrected chi connectivity index (χ1v) is 15.5. The predicted molar refractivity (Wildman–Crippen MR) is 91.8 cm³/mol. The minimum atomic E-state index is 0.208. The molecular formula is C14H16Br2N2O2Pt. The number of ether oxygens (including phenoxy) is 2. The molecule has 2 rings (SSSR count). The van der Waals surface area contributed by atoms with E-state index in [4.69, 9.17) is 20.9 Å². The van der Waals surface area contributed by atoms with E-state index in [1.165, 1.54) is 0 Å². The molecule has 21 heavy (non-hydrogen) atoms. The Morgan fingerprint density at radius 1 is 0.714 bits per heavy atom. The van der Waals surface area contributed by atoms with Crippen LogP contribution in [0.15, 0.2) is 48.5 Å². The summed E-state index contributed by atoms with van der Waals surface area (Å²) >= 11 is 6.56. The molecule has 0 saturated carbocycles. The summed E-state index contributed by atoms with van der Waals surface area (Å²) in [6.07, 6.45) is 0. The molecule has 7 heteroatoms. The van der Waals surface area contributed by atoms with E-state index >= 15 is 0 Å². The van der Waals surface area contributed by atoms with Crippen LogP contribution in [0.4, 0.5) is 11.4 Å². The van der Waals surface area contributed by atoms with Gasteiger partial charge in [0.15, 0.2) is 0 Å². The zero-order valence-corrected chi connectivity index (χ0v) is 17.0. The summed E-state index contributed by atoms with van der Waals surface area (Å²) < 4.78 is 9.77. The maximum absolute atomic E-state index is 7.11. The van der Waals surface area contributed by atoms with E-state index in [0.717, 1.165) is 11.5 Å². The van der Waals surface area contributed by atoms with Crippen LogP contribution in [0.2, 0.25) is 0 Å². The van der Waals surface area contributed by atoms with Gasteiger partial charge < -0.3 is 20.9 Å². The summed E-state index contributed by atoms with van der Waals surface area (Å²) in [5.74, 6) is 1.59. The summed E-state index contributed by atoms with van der Waals surface area (Å²) in [4.78, 5) is 0. The zero-order valence-electron chi connectivity index (χ0n) is 11.5. The van der Waals surface area contributed by atoms with Crippen LogP contribution in [0, 0.1) is 0 Å². The number of nitrogens with one attached hydrogen (secondary N) is 2. The summed E-state index contributed by atoms with van der Waals surface area (Å²) in [6, 6.07) is 13.8. The van der Waals surface area contributed by atoms with Crippen molar-refractivity contribution in [2.75, 3.05) is 14.2 Å². The standard InChI is InChI=1S/2C7H8NO.2BrH.Pt/c2*1-9-7-4-2-6(8)3-5-7;;;/h2*2-5,8H,1H3;2*1H;/q2*-1;;;+4/p-2. The zero-order chi connectivity index (χ0) is 16.1. The SMILES string of the molecule is COc1ccc([NH-])cc1.COc1ccc([NH-])cc1.[Br][Pt+2][Br]. The predicted octanol–water partition coefficient (Wildman–Crippen LogP) is 6.45. The molecule has 0 fully saturated rings. The Morgan fingerprint density at radius 3 is 1.14 bits per heavy atom. The molecule has 2 aromatic rings. The maximum atomic E-state index is 7.11. The number of rotatable bonds is 2. The quantitative estimate of drug-likeness (QED) is 0.399. The van der Waals surface area contributed by atoms with Crippen LogP contribution in [-0.4, -0.2) is 14.2 Å². The van der Waals surface area contributed by atoms with Crippen LogP contribution >= 0.6 is 26.6 Å². The van der Waals surface area contributed by atoms with Gasteiger partial charge in [-0.3, -0.25) is 0 Å². The fourth-order valence-electron chi connectivity index (χ4n) is 1.18. The molecule has 0 radical (unpaired) electrons. The first-order valence-electron chi connectivity index (χ1n) is 5.61. The Bertz CT molecular complexity index is 436. The number of hydrogen-bond acceptors (Lipinski definition) is 2. The Hall–Kier alpha value is -0.712. The Labute approximate surface area is 147 Å². The second-order valence-electron chi connectivity index (χ2n) is 3.50. The van der Waals surface area contributed by atoms with Gasteiger partial charge in [0.1, 0.15) is 11.5 Å². The van der Waals surface area contributed by atoms with E-state index in [0.29, 0.717) is 11.4 Å². The monoisotopic (exact) mass is 597 g/mol. The third-order valence-corrected chi connectivity index (χ3v) is 2.18. The van der Waals surface area contributed by atoms with Crippen molar-refractivity contribution in [1.29, 1.82) is 0 Å². The number of benzene rings is 2. The van der Waals surface area contributed by atoms with Crippen molar-refractivity contribution < 1.29 is 23.9 Å².